The second-order valence-corrected chi connectivity index (χ2v) is 2.73. The van der Waals surface area contributed by atoms with Crippen LogP contribution in [0.2, 0.25) is 0 Å². The molecule has 4 nitrogen and oxygen atoms in total. The van der Waals surface area contributed by atoms with Crippen molar-refractivity contribution in [1.82, 2.24) is 0 Å². The lowest BCUT2D eigenvalue weighted by molar-refractivity contribution is -0.114. The van der Waals surface area contributed by atoms with Gasteiger partial charge in [0, 0.05) is 26.4 Å². The number of aliphatic hydroxyl groups excluding tert-OH is 2. The molecule has 0 aromatic heterocycles. The van der Waals surface area contributed by atoms with Crippen LogP contribution in [0.15, 0.2) is 0 Å². The molecule has 16 heavy (non-hydrogen) atoms. The van der Waals surface area contributed by atoms with Crippen molar-refractivity contribution in [3.05, 3.63) is 0 Å². The third kappa shape index (κ3) is 328. The van der Waals surface area contributed by atoms with E-state index >= 15 is 0 Å². The van der Waals surface area contributed by atoms with Gasteiger partial charge in [-0.2, -0.15) is 0 Å². The molecule has 0 fully saturated rings. The third-order valence-electron chi connectivity index (χ3n) is 0.632. The molecule has 4 heteroatoms. The van der Waals surface area contributed by atoms with Crippen molar-refractivity contribution in [2.45, 2.75) is 48.0 Å². The fourth-order valence-electron chi connectivity index (χ4n) is 0.204. The summed E-state index contributed by atoms with van der Waals surface area (Å²) in [6.45, 7) is 12.9. The largest absolute Gasteiger partial charge is 0.397 e. The molecule has 0 rings (SSSR count). The molecule has 0 radical (unpaired) electrons. The van der Waals surface area contributed by atoms with E-state index < -0.39 is 0 Å². The van der Waals surface area contributed by atoms with Crippen LogP contribution in [0.5, 0.6) is 0 Å². The summed E-state index contributed by atoms with van der Waals surface area (Å²) in [6.07, 6.45) is 0.875. The summed E-state index contributed by atoms with van der Waals surface area (Å²) in [4.78, 5) is 9.44. The Morgan fingerprint density at radius 1 is 1.00 bits per heavy atom. The first-order valence-electron chi connectivity index (χ1n) is 5.74. The summed E-state index contributed by atoms with van der Waals surface area (Å²) in [7, 11) is 0. The molecule has 0 aromatic rings. The average molecular weight is 238 g/mol. The van der Waals surface area contributed by atoms with E-state index in [0.29, 0.717) is 6.61 Å². The van der Waals surface area contributed by atoms with Crippen molar-refractivity contribution in [3.8, 4) is 0 Å². The van der Waals surface area contributed by atoms with E-state index in [9.17, 15) is 4.79 Å². The smallest absolute Gasteiger partial charge is 0.126 e. The van der Waals surface area contributed by atoms with E-state index in [-0.39, 0.29) is 12.4 Å². The number of aliphatic hydroxyl groups is 2. The van der Waals surface area contributed by atoms with Crippen LogP contribution in [-0.4, -0.2) is 42.4 Å². The number of ketones is 1. The zero-order chi connectivity index (χ0) is 13.8. The van der Waals surface area contributed by atoms with Crippen LogP contribution < -0.4 is 0 Å². The van der Waals surface area contributed by atoms with Gasteiger partial charge in [-0.15, -0.1) is 0 Å². The van der Waals surface area contributed by atoms with Crippen molar-refractivity contribution >= 4 is 5.78 Å². The minimum Gasteiger partial charge on any atom is -0.397 e. The Bertz CT molecular complexity index is 87.0. The summed E-state index contributed by atoms with van der Waals surface area (Å²) < 4.78 is 4.83. The molecule has 102 valence electrons. The molecule has 0 atom stereocenters. The van der Waals surface area contributed by atoms with Crippen LogP contribution in [0.1, 0.15) is 48.0 Å². The van der Waals surface area contributed by atoms with Gasteiger partial charge in [0.1, 0.15) is 5.78 Å². The molecule has 0 saturated carbocycles. The van der Waals surface area contributed by atoms with Gasteiger partial charge in [-0.1, -0.05) is 6.92 Å². The van der Waals surface area contributed by atoms with Crippen LogP contribution in [-0.2, 0) is 9.53 Å². The summed E-state index contributed by atoms with van der Waals surface area (Å²) in [6, 6.07) is 0. The predicted molar refractivity (Wildman–Crippen MR) is 68.7 cm³/mol. The van der Waals surface area contributed by atoms with Gasteiger partial charge < -0.3 is 19.7 Å². The van der Waals surface area contributed by atoms with E-state index in [4.69, 9.17) is 14.9 Å². The molecule has 0 bridgehead atoms. The highest BCUT2D eigenvalue weighted by molar-refractivity contribution is 5.72. The fraction of sp³-hybridized carbons (Fsp3) is 0.917. The maximum Gasteiger partial charge on any atom is 0.126 e. The van der Waals surface area contributed by atoms with Crippen molar-refractivity contribution < 1.29 is 19.7 Å². The van der Waals surface area contributed by atoms with E-state index in [1.54, 1.807) is 6.92 Å². The van der Waals surface area contributed by atoms with Gasteiger partial charge in [-0.3, -0.25) is 0 Å². The standard InChI is InChI=1S/C4H10O.C3H6O.C3H8O.C2H6O/c1-3-5-4-2;1-3(2)4;1-2-3-4;1-2-3/h3-4H2,1-2H3;1-2H3;4H,2-3H2,1H3;3H,2H2,1H3. The van der Waals surface area contributed by atoms with Crippen molar-refractivity contribution in [2.24, 2.45) is 0 Å². The zero-order valence-electron chi connectivity index (χ0n) is 11.7. The summed E-state index contributed by atoms with van der Waals surface area (Å²) in [5.41, 5.74) is 0. The molecule has 0 spiro atoms. The van der Waals surface area contributed by atoms with Gasteiger partial charge in [-0.05, 0) is 41.0 Å². The lowest BCUT2D eigenvalue weighted by atomic mass is 10.5. The first-order valence-corrected chi connectivity index (χ1v) is 5.74. The molecule has 0 amide bonds. The van der Waals surface area contributed by atoms with Gasteiger partial charge in [0.05, 0.1) is 0 Å². The summed E-state index contributed by atoms with van der Waals surface area (Å²) in [5, 5.41) is 15.4. The maximum absolute atomic E-state index is 9.44. The van der Waals surface area contributed by atoms with E-state index in [1.165, 1.54) is 13.8 Å². The summed E-state index contributed by atoms with van der Waals surface area (Å²) in [5.74, 6) is 0.167. The Hall–Kier alpha value is -0.450. The zero-order valence-corrected chi connectivity index (χ0v) is 11.7. The fourth-order valence-corrected chi connectivity index (χ4v) is 0.204. The molecule has 0 heterocycles. The van der Waals surface area contributed by atoms with E-state index in [1.807, 2.05) is 20.8 Å². The third-order valence-corrected chi connectivity index (χ3v) is 0.632. The number of rotatable bonds is 3. The van der Waals surface area contributed by atoms with Crippen LogP contribution in [0, 0.1) is 0 Å². The second-order valence-electron chi connectivity index (χ2n) is 2.73. The lowest BCUT2D eigenvalue weighted by Gasteiger charge is -1.86. The summed E-state index contributed by atoms with van der Waals surface area (Å²) >= 11 is 0. The Labute approximate surface area is 101 Å². The lowest BCUT2D eigenvalue weighted by Crippen LogP contribution is -1.84. The highest BCUT2D eigenvalue weighted by Crippen LogP contribution is 1.64. The molecular weight excluding hydrogens is 208 g/mol. The van der Waals surface area contributed by atoms with Crippen molar-refractivity contribution in [1.29, 1.82) is 0 Å². The highest BCUT2D eigenvalue weighted by atomic mass is 16.5. The monoisotopic (exact) mass is 238 g/mol. The predicted octanol–water partition coefficient (Wildman–Crippen LogP) is 2.03. The van der Waals surface area contributed by atoms with Crippen LogP contribution in [0.25, 0.3) is 0 Å². The molecule has 0 unspecified atom stereocenters. The quantitative estimate of drug-likeness (QED) is 0.789. The van der Waals surface area contributed by atoms with E-state index in [0.717, 1.165) is 19.6 Å². The first-order chi connectivity index (χ1) is 7.47. The number of hydrogen-bond acceptors (Lipinski definition) is 4. The minimum atomic E-state index is 0.167. The first kappa shape index (κ1) is 24.7. The Morgan fingerprint density at radius 2 is 1.19 bits per heavy atom. The van der Waals surface area contributed by atoms with Gasteiger partial charge in [0.15, 0.2) is 0 Å². The molecular formula is C12H30O4. The molecule has 0 aliphatic carbocycles. The Balaban J connectivity index is -0.0000000610. The van der Waals surface area contributed by atoms with Crippen LogP contribution >= 0.6 is 0 Å². The number of carbonyl (C=O) groups excluding carboxylic acids is 1. The number of hydrogen-bond donors (Lipinski definition) is 2. The number of Topliss-reactive ketones (excluding diaryl/α,β-unsaturated/α-hetero) is 1. The molecule has 0 aliphatic heterocycles. The van der Waals surface area contributed by atoms with Gasteiger partial charge in [-0.25, -0.2) is 0 Å². The van der Waals surface area contributed by atoms with Gasteiger partial charge in [0.2, 0.25) is 0 Å². The van der Waals surface area contributed by atoms with Crippen molar-refractivity contribution in [2.75, 3.05) is 26.4 Å². The molecule has 0 saturated heterocycles. The van der Waals surface area contributed by atoms with Crippen LogP contribution in [0.4, 0.5) is 0 Å². The molecule has 0 aromatic carbocycles. The normalized spacial score (nSPS) is 7.25. The van der Waals surface area contributed by atoms with Crippen LogP contribution in [0.3, 0.4) is 0 Å². The molecule has 0 aliphatic rings. The van der Waals surface area contributed by atoms with Crippen molar-refractivity contribution in [3.63, 3.8) is 0 Å². The minimum absolute atomic E-state index is 0.167. The van der Waals surface area contributed by atoms with Gasteiger partial charge >= 0.3 is 0 Å². The number of ether oxygens (including phenoxy) is 1. The Morgan fingerprint density at radius 3 is 1.19 bits per heavy atom. The second kappa shape index (κ2) is 36.5. The van der Waals surface area contributed by atoms with Gasteiger partial charge in [0.25, 0.3) is 0 Å². The SMILES string of the molecule is CC(C)=O.CCCO.CCO.CCOCC. The maximum atomic E-state index is 9.44. The molecule has 2 N–H and O–H groups in total. The highest BCUT2D eigenvalue weighted by Gasteiger charge is 1.64. The Kier molecular flexibility index (Phi) is 56.4. The topological polar surface area (TPSA) is 66.8 Å². The van der Waals surface area contributed by atoms with E-state index in [2.05, 4.69) is 0 Å². The average Bonchev–Trinajstić information content (AvgIpc) is 2.20. The number of carbonyl (C=O) groups is 1.